The fourth-order valence-corrected chi connectivity index (χ4v) is 2.38. The zero-order chi connectivity index (χ0) is 16.9. The molecule has 10 nitrogen and oxygen atoms in total. The van der Waals surface area contributed by atoms with Gasteiger partial charge < -0.3 is 14.7 Å². The van der Waals surface area contributed by atoms with Gasteiger partial charge in [0, 0.05) is 28.2 Å². The van der Waals surface area contributed by atoms with Gasteiger partial charge in [-0.15, -0.1) is 0 Å². The zero-order valence-electron chi connectivity index (χ0n) is 12.5. The average molecular weight is 317 g/mol. The van der Waals surface area contributed by atoms with Crippen LogP contribution < -0.4 is 0 Å². The van der Waals surface area contributed by atoms with Crippen LogP contribution in [-0.2, 0) is 11.3 Å². The summed E-state index contributed by atoms with van der Waals surface area (Å²) in [4.78, 5) is 19.4. The summed E-state index contributed by atoms with van der Waals surface area (Å²) in [5.41, 5.74) is 17.4. The number of azide groups is 2. The number of hydrogen-bond acceptors (Lipinski definition) is 5. The Morgan fingerprint density at radius 3 is 2.70 bits per heavy atom. The largest absolute Gasteiger partial charge is 0.393 e. The molecule has 2 rings (SSSR count). The van der Waals surface area contributed by atoms with Crippen molar-refractivity contribution < 1.29 is 14.6 Å². The summed E-state index contributed by atoms with van der Waals surface area (Å²) >= 11 is 0. The molecule has 1 N–H and O–H groups in total. The molecule has 1 aliphatic heterocycles. The van der Waals surface area contributed by atoms with Gasteiger partial charge in [0.05, 0.1) is 26.2 Å². The van der Waals surface area contributed by atoms with Crippen LogP contribution >= 0.6 is 0 Å². The van der Waals surface area contributed by atoms with Gasteiger partial charge in [0.25, 0.3) is 5.91 Å². The number of rotatable bonds is 6. The summed E-state index contributed by atoms with van der Waals surface area (Å²) in [7, 11) is 1.48. The molecule has 0 aromatic heterocycles. The van der Waals surface area contributed by atoms with E-state index in [-0.39, 0.29) is 37.8 Å². The van der Waals surface area contributed by atoms with Crippen molar-refractivity contribution >= 4 is 11.6 Å². The number of carbonyl (C=O) groups is 1. The van der Waals surface area contributed by atoms with E-state index in [0.717, 1.165) is 0 Å². The van der Waals surface area contributed by atoms with E-state index in [1.165, 1.54) is 18.1 Å². The lowest BCUT2D eigenvalue weighted by Crippen LogP contribution is -2.66. The van der Waals surface area contributed by atoms with Crippen molar-refractivity contribution in [3.8, 4) is 0 Å². The first-order valence-electron chi connectivity index (χ1n) is 6.72. The highest BCUT2D eigenvalue weighted by atomic mass is 16.5. The third-order valence-electron chi connectivity index (χ3n) is 3.67. The van der Waals surface area contributed by atoms with E-state index >= 15 is 0 Å². The number of carbonyl (C=O) groups excluding carboxylic acids is 1. The van der Waals surface area contributed by atoms with Crippen LogP contribution in [0.15, 0.2) is 28.4 Å². The molecule has 1 heterocycles. The third kappa shape index (κ3) is 3.53. The van der Waals surface area contributed by atoms with E-state index in [4.69, 9.17) is 15.8 Å². The van der Waals surface area contributed by atoms with Gasteiger partial charge in [0.2, 0.25) is 0 Å². The molecule has 0 saturated carbocycles. The van der Waals surface area contributed by atoms with Crippen LogP contribution in [0.4, 0.5) is 5.69 Å². The Labute approximate surface area is 131 Å². The molecule has 1 amide bonds. The van der Waals surface area contributed by atoms with Crippen LogP contribution in [0.1, 0.15) is 15.9 Å². The quantitative estimate of drug-likeness (QED) is 0.487. The number of hydrogen-bond donors (Lipinski definition) is 1. The molecule has 1 aliphatic rings. The van der Waals surface area contributed by atoms with Gasteiger partial charge in [-0.05, 0) is 34.8 Å². The lowest BCUT2D eigenvalue weighted by Gasteiger charge is -2.47. The summed E-state index contributed by atoms with van der Waals surface area (Å²) < 4.78 is 5.21. The maximum absolute atomic E-state index is 12.5. The maximum Gasteiger partial charge on any atom is 0.254 e. The predicted octanol–water partition coefficient (Wildman–Crippen LogP) is 2.27. The standard InChI is InChI=1S/C13H15N7O3/c1-23-13(8-21)6-20(7-13)12(22)10-2-9(5-16-18-14)3-11(4-10)17-19-15/h2-4,21H,5-8H2,1H3. The minimum atomic E-state index is -0.716. The molecule has 1 aromatic rings. The number of methoxy groups -OCH3 is 1. The molecular formula is C13H15N7O3. The summed E-state index contributed by atoms with van der Waals surface area (Å²) in [6.45, 7) is 0.422. The van der Waals surface area contributed by atoms with Crippen molar-refractivity contribution in [1.82, 2.24) is 4.90 Å². The minimum Gasteiger partial charge on any atom is -0.393 e. The van der Waals surface area contributed by atoms with E-state index < -0.39 is 5.60 Å². The van der Waals surface area contributed by atoms with Crippen LogP contribution in [0.2, 0.25) is 0 Å². The summed E-state index contributed by atoms with van der Waals surface area (Å²) in [5.74, 6) is -0.275. The van der Waals surface area contributed by atoms with Crippen LogP contribution in [0.3, 0.4) is 0 Å². The van der Waals surface area contributed by atoms with E-state index in [9.17, 15) is 9.90 Å². The third-order valence-corrected chi connectivity index (χ3v) is 3.67. The second kappa shape index (κ2) is 6.99. The molecule has 1 aromatic carbocycles. The van der Waals surface area contributed by atoms with Crippen LogP contribution in [0, 0.1) is 0 Å². The second-order valence-electron chi connectivity index (χ2n) is 5.17. The molecule has 0 aliphatic carbocycles. The van der Waals surface area contributed by atoms with Gasteiger partial charge in [0.1, 0.15) is 5.60 Å². The lowest BCUT2D eigenvalue weighted by atomic mass is 9.93. The number of nitrogens with zero attached hydrogens (tertiary/aromatic N) is 7. The van der Waals surface area contributed by atoms with E-state index in [1.54, 1.807) is 12.1 Å². The zero-order valence-corrected chi connectivity index (χ0v) is 12.5. The Morgan fingerprint density at radius 2 is 2.13 bits per heavy atom. The van der Waals surface area contributed by atoms with Gasteiger partial charge in [0.15, 0.2) is 0 Å². The minimum absolute atomic E-state index is 0.0459. The Bertz CT molecular complexity index is 696. The monoisotopic (exact) mass is 317 g/mol. The SMILES string of the molecule is COC1(CO)CN(C(=O)c2cc(CN=[N+]=[N-])cc(N=[N+]=[N-])c2)C1. The second-order valence-corrected chi connectivity index (χ2v) is 5.17. The van der Waals surface area contributed by atoms with Crippen molar-refractivity contribution in [1.29, 1.82) is 0 Å². The van der Waals surface area contributed by atoms with Crippen molar-refractivity contribution in [2.75, 3.05) is 26.8 Å². The highest BCUT2D eigenvalue weighted by molar-refractivity contribution is 5.96. The maximum atomic E-state index is 12.5. The van der Waals surface area contributed by atoms with Crippen molar-refractivity contribution in [3.05, 3.63) is 50.2 Å². The molecule has 23 heavy (non-hydrogen) atoms. The van der Waals surface area contributed by atoms with E-state index in [1.807, 2.05) is 0 Å². The van der Waals surface area contributed by atoms with Crippen molar-refractivity contribution in [3.63, 3.8) is 0 Å². The molecule has 0 spiro atoms. The van der Waals surface area contributed by atoms with Gasteiger partial charge in [-0.25, -0.2) is 0 Å². The Hall–Kier alpha value is -2.77. The number of aliphatic hydroxyl groups is 1. The number of ether oxygens (including phenoxy) is 1. The van der Waals surface area contributed by atoms with Gasteiger partial charge in [-0.1, -0.05) is 10.2 Å². The Balaban J connectivity index is 2.24. The van der Waals surface area contributed by atoms with Gasteiger partial charge in [-0.3, -0.25) is 4.79 Å². The highest BCUT2D eigenvalue weighted by Crippen LogP contribution is 2.27. The summed E-state index contributed by atoms with van der Waals surface area (Å²) in [5, 5.41) is 16.2. The van der Waals surface area contributed by atoms with Gasteiger partial charge in [-0.2, -0.15) is 0 Å². The highest BCUT2D eigenvalue weighted by Gasteiger charge is 2.45. The number of amides is 1. The number of aliphatic hydroxyl groups excluding tert-OH is 1. The van der Waals surface area contributed by atoms with E-state index in [2.05, 4.69) is 20.1 Å². The van der Waals surface area contributed by atoms with Crippen LogP contribution in [0.5, 0.6) is 0 Å². The van der Waals surface area contributed by atoms with Crippen LogP contribution in [-0.4, -0.2) is 48.3 Å². The fraction of sp³-hybridized carbons (Fsp3) is 0.462. The first-order chi connectivity index (χ1) is 11.1. The fourth-order valence-electron chi connectivity index (χ4n) is 2.38. The Kier molecular flexibility index (Phi) is 5.05. The molecule has 0 atom stereocenters. The Morgan fingerprint density at radius 1 is 1.39 bits per heavy atom. The first kappa shape index (κ1) is 16.6. The average Bonchev–Trinajstić information content (AvgIpc) is 2.53. The predicted molar refractivity (Wildman–Crippen MR) is 80.8 cm³/mol. The summed E-state index contributed by atoms with van der Waals surface area (Å²) in [6.07, 6.45) is 0. The molecule has 10 heteroatoms. The molecule has 120 valence electrons. The molecular weight excluding hydrogens is 302 g/mol. The molecule has 1 fully saturated rings. The topological polar surface area (TPSA) is 147 Å². The van der Waals surface area contributed by atoms with Crippen molar-refractivity contribution in [2.24, 2.45) is 10.2 Å². The molecule has 0 bridgehead atoms. The number of benzene rings is 1. The van der Waals surface area contributed by atoms with Gasteiger partial charge >= 0.3 is 0 Å². The smallest absolute Gasteiger partial charge is 0.254 e. The molecule has 0 unspecified atom stereocenters. The lowest BCUT2D eigenvalue weighted by molar-refractivity contribution is -0.133. The normalized spacial score (nSPS) is 15.1. The summed E-state index contributed by atoms with van der Waals surface area (Å²) in [6, 6.07) is 4.60. The molecule has 1 saturated heterocycles. The number of likely N-dealkylation sites (tertiary alicyclic amines) is 1. The van der Waals surface area contributed by atoms with Crippen LogP contribution in [0.25, 0.3) is 20.9 Å². The first-order valence-corrected chi connectivity index (χ1v) is 6.72. The molecule has 0 radical (unpaired) electrons. The van der Waals surface area contributed by atoms with E-state index in [0.29, 0.717) is 11.1 Å². The van der Waals surface area contributed by atoms with Crippen molar-refractivity contribution in [2.45, 2.75) is 12.1 Å².